The highest BCUT2D eigenvalue weighted by atomic mass is 16.4. The third kappa shape index (κ3) is 1.98. The number of rotatable bonds is 2. The van der Waals surface area contributed by atoms with Crippen molar-refractivity contribution in [2.45, 2.75) is 20.3 Å². The molecule has 6 nitrogen and oxygen atoms in total. The summed E-state index contributed by atoms with van der Waals surface area (Å²) in [6.45, 7) is 4.58. The summed E-state index contributed by atoms with van der Waals surface area (Å²) >= 11 is 0. The van der Waals surface area contributed by atoms with Gasteiger partial charge in [-0.25, -0.2) is 4.98 Å². The van der Waals surface area contributed by atoms with Crippen LogP contribution in [0, 0.1) is 19.8 Å². The molecule has 1 aromatic rings. The fourth-order valence-corrected chi connectivity index (χ4v) is 2.23. The predicted molar refractivity (Wildman–Crippen MR) is 66.9 cm³/mol. The van der Waals surface area contributed by atoms with Gasteiger partial charge in [0.1, 0.15) is 0 Å². The van der Waals surface area contributed by atoms with Crippen LogP contribution in [-0.2, 0) is 11.8 Å². The molecule has 0 spiro atoms. The maximum absolute atomic E-state index is 12.0. The number of hydrogen-bond donors (Lipinski definition) is 1. The first-order valence-electron chi connectivity index (χ1n) is 5.93. The third-order valence-corrected chi connectivity index (χ3v) is 3.56. The fraction of sp³-hybridized carbons (Fsp3) is 0.583. The maximum Gasteiger partial charge on any atom is 0.308 e. The van der Waals surface area contributed by atoms with Gasteiger partial charge in [0, 0.05) is 31.4 Å². The van der Waals surface area contributed by atoms with E-state index in [0.717, 1.165) is 0 Å². The van der Waals surface area contributed by atoms with Gasteiger partial charge >= 0.3 is 5.97 Å². The predicted octanol–water partition coefficient (Wildman–Crippen LogP) is 0.308. The lowest BCUT2D eigenvalue weighted by atomic mass is 10.1. The van der Waals surface area contributed by atoms with Crippen LogP contribution < -0.4 is 10.5 Å². The molecule has 0 saturated carbocycles. The molecule has 0 aliphatic carbocycles. The Labute approximate surface area is 105 Å². The van der Waals surface area contributed by atoms with Crippen molar-refractivity contribution in [3.63, 3.8) is 0 Å². The summed E-state index contributed by atoms with van der Waals surface area (Å²) in [6, 6.07) is 0. The molecule has 0 radical (unpaired) electrons. The number of hydrogen-bond acceptors (Lipinski definition) is 4. The second-order valence-corrected chi connectivity index (χ2v) is 4.76. The molecule has 98 valence electrons. The van der Waals surface area contributed by atoms with Crippen LogP contribution in [0.15, 0.2) is 4.79 Å². The molecule has 0 aromatic carbocycles. The van der Waals surface area contributed by atoms with Crippen molar-refractivity contribution in [3.8, 4) is 0 Å². The molecule has 2 heterocycles. The summed E-state index contributed by atoms with van der Waals surface area (Å²) in [5.74, 6) is -0.596. The quantitative estimate of drug-likeness (QED) is 0.818. The number of anilines is 1. The smallest absolute Gasteiger partial charge is 0.308 e. The Morgan fingerprint density at radius 3 is 2.67 bits per heavy atom. The summed E-state index contributed by atoms with van der Waals surface area (Å²) in [5, 5.41) is 8.98. The normalized spacial score (nSPS) is 19.3. The topological polar surface area (TPSA) is 75.4 Å². The molecular weight excluding hydrogens is 234 g/mol. The first-order valence-corrected chi connectivity index (χ1v) is 5.93. The Morgan fingerprint density at radius 1 is 1.44 bits per heavy atom. The van der Waals surface area contributed by atoms with Crippen LogP contribution in [0.5, 0.6) is 0 Å². The summed E-state index contributed by atoms with van der Waals surface area (Å²) in [5.41, 5.74) is 1.26. The van der Waals surface area contributed by atoms with E-state index >= 15 is 0 Å². The van der Waals surface area contributed by atoms with Crippen molar-refractivity contribution in [2.75, 3.05) is 18.0 Å². The molecule has 1 fully saturated rings. The molecule has 1 unspecified atom stereocenters. The number of carboxylic acid groups (broad SMARTS) is 1. The molecule has 1 aliphatic heterocycles. The first-order chi connectivity index (χ1) is 8.41. The molecule has 1 aliphatic rings. The van der Waals surface area contributed by atoms with E-state index in [1.807, 2.05) is 4.90 Å². The number of carbonyl (C=O) groups is 1. The van der Waals surface area contributed by atoms with Crippen molar-refractivity contribution in [1.29, 1.82) is 0 Å². The molecule has 1 saturated heterocycles. The number of aromatic nitrogens is 2. The summed E-state index contributed by atoms with van der Waals surface area (Å²) in [7, 11) is 1.67. The molecule has 1 N–H and O–H groups in total. The van der Waals surface area contributed by atoms with Crippen LogP contribution >= 0.6 is 0 Å². The zero-order valence-corrected chi connectivity index (χ0v) is 10.8. The van der Waals surface area contributed by atoms with E-state index in [1.54, 1.807) is 20.9 Å². The molecule has 6 heteroatoms. The second kappa shape index (κ2) is 4.44. The summed E-state index contributed by atoms with van der Waals surface area (Å²) in [6.07, 6.45) is 0.595. The minimum Gasteiger partial charge on any atom is -0.481 e. The van der Waals surface area contributed by atoms with Crippen LogP contribution in [0.1, 0.15) is 17.7 Å². The van der Waals surface area contributed by atoms with Crippen molar-refractivity contribution in [1.82, 2.24) is 9.55 Å². The molecule has 0 bridgehead atoms. The van der Waals surface area contributed by atoms with E-state index in [9.17, 15) is 9.59 Å². The minimum absolute atomic E-state index is 0.0729. The SMILES string of the molecule is Cc1nc(N2CCC(C(=O)O)C2)n(C)c(=O)c1C. The van der Waals surface area contributed by atoms with Gasteiger partial charge in [-0.1, -0.05) is 0 Å². The second-order valence-electron chi connectivity index (χ2n) is 4.76. The average Bonchev–Trinajstić information content (AvgIpc) is 2.80. The van der Waals surface area contributed by atoms with Crippen molar-refractivity contribution in [2.24, 2.45) is 13.0 Å². The van der Waals surface area contributed by atoms with Crippen LogP contribution in [0.3, 0.4) is 0 Å². The number of aliphatic carboxylic acids is 1. The number of aryl methyl sites for hydroxylation is 1. The largest absolute Gasteiger partial charge is 0.481 e. The lowest BCUT2D eigenvalue weighted by molar-refractivity contribution is -0.140. The van der Waals surface area contributed by atoms with Gasteiger partial charge in [-0.05, 0) is 20.3 Å². The molecule has 2 rings (SSSR count). The minimum atomic E-state index is -0.786. The van der Waals surface area contributed by atoms with Gasteiger partial charge in [-0.2, -0.15) is 0 Å². The Hall–Kier alpha value is -1.85. The van der Waals surface area contributed by atoms with Crippen LogP contribution in [-0.4, -0.2) is 33.7 Å². The fourth-order valence-electron chi connectivity index (χ4n) is 2.23. The Bertz CT molecular complexity index is 550. The van der Waals surface area contributed by atoms with E-state index in [1.165, 1.54) is 4.57 Å². The van der Waals surface area contributed by atoms with Crippen LogP contribution in [0.25, 0.3) is 0 Å². The summed E-state index contributed by atoms with van der Waals surface area (Å²) < 4.78 is 1.49. The van der Waals surface area contributed by atoms with Gasteiger partial charge in [-0.15, -0.1) is 0 Å². The Morgan fingerprint density at radius 2 is 2.11 bits per heavy atom. The number of carboxylic acids is 1. The van der Waals surface area contributed by atoms with Crippen LogP contribution in [0.2, 0.25) is 0 Å². The Kier molecular flexibility index (Phi) is 3.11. The van der Waals surface area contributed by atoms with Crippen molar-refractivity contribution < 1.29 is 9.90 Å². The monoisotopic (exact) mass is 251 g/mol. The highest BCUT2D eigenvalue weighted by Gasteiger charge is 2.30. The van der Waals surface area contributed by atoms with Gasteiger partial charge in [0.2, 0.25) is 5.95 Å². The lowest BCUT2D eigenvalue weighted by Gasteiger charge is -2.20. The molecule has 0 amide bonds. The molecule has 1 aromatic heterocycles. The van der Waals surface area contributed by atoms with E-state index < -0.39 is 5.97 Å². The highest BCUT2D eigenvalue weighted by molar-refractivity contribution is 5.71. The average molecular weight is 251 g/mol. The van der Waals surface area contributed by atoms with Gasteiger partial charge in [0.25, 0.3) is 5.56 Å². The van der Waals surface area contributed by atoms with Crippen LogP contribution in [0.4, 0.5) is 5.95 Å². The Balaban J connectivity index is 2.36. The lowest BCUT2D eigenvalue weighted by Crippen LogP contribution is -2.32. The zero-order valence-electron chi connectivity index (χ0n) is 10.8. The molecule has 18 heavy (non-hydrogen) atoms. The van der Waals surface area contributed by atoms with E-state index in [0.29, 0.717) is 36.7 Å². The highest BCUT2D eigenvalue weighted by Crippen LogP contribution is 2.21. The van der Waals surface area contributed by atoms with Crippen molar-refractivity contribution in [3.05, 3.63) is 21.6 Å². The zero-order chi connectivity index (χ0) is 13.4. The number of nitrogens with zero attached hydrogens (tertiary/aromatic N) is 3. The molecule has 1 atom stereocenters. The maximum atomic E-state index is 12.0. The van der Waals surface area contributed by atoms with E-state index in [4.69, 9.17) is 5.11 Å². The summed E-state index contributed by atoms with van der Waals surface area (Å²) in [4.78, 5) is 29.2. The van der Waals surface area contributed by atoms with E-state index in [2.05, 4.69) is 4.98 Å². The molecular formula is C12H17N3O3. The van der Waals surface area contributed by atoms with Gasteiger partial charge in [0.05, 0.1) is 5.92 Å². The standard InChI is InChI=1S/C12H17N3O3/c1-7-8(2)13-12(14(3)10(7)16)15-5-4-9(6-15)11(17)18/h9H,4-6H2,1-3H3,(H,17,18). The van der Waals surface area contributed by atoms with Gasteiger partial charge in [-0.3, -0.25) is 14.2 Å². The van der Waals surface area contributed by atoms with Crippen molar-refractivity contribution >= 4 is 11.9 Å². The van der Waals surface area contributed by atoms with Gasteiger partial charge < -0.3 is 10.0 Å². The van der Waals surface area contributed by atoms with E-state index in [-0.39, 0.29) is 11.5 Å². The first kappa shape index (κ1) is 12.6. The third-order valence-electron chi connectivity index (χ3n) is 3.56. The van der Waals surface area contributed by atoms with Gasteiger partial charge in [0.15, 0.2) is 0 Å².